The summed E-state index contributed by atoms with van der Waals surface area (Å²) in [5.74, 6) is 0.375. The molecule has 2 aliphatic rings. The number of aliphatic hydroxyl groups is 1. The summed E-state index contributed by atoms with van der Waals surface area (Å²) >= 11 is 0. The maximum atomic E-state index is 12.7. The lowest BCUT2D eigenvalue weighted by molar-refractivity contribution is 0.0337. The van der Waals surface area contributed by atoms with E-state index in [1.165, 1.54) is 12.8 Å². The van der Waals surface area contributed by atoms with Crippen molar-refractivity contribution in [1.82, 2.24) is 15.4 Å². The highest BCUT2D eigenvalue weighted by Gasteiger charge is 2.36. The Balaban J connectivity index is 1.72. The zero-order valence-corrected chi connectivity index (χ0v) is 14.8. The van der Waals surface area contributed by atoms with E-state index in [0.717, 1.165) is 38.8 Å². The minimum Gasteiger partial charge on any atom is -0.389 e. The van der Waals surface area contributed by atoms with E-state index in [9.17, 15) is 9.90 Å². The predicted octanol–water partition coefficient (Wildman–Crippen LogP) is 2.04. The van der Waals surface area contributed by atoms with E-state index in [2.05, 4.69) is 15.4 Å². The number of aryl methyl sites for hydroxylation is 2. The minimum atomic E-state index is -0.514. The second kappa shape index (κ2) is 7.66. The molecule has 0 bridgehead atoms. The number of carbonyl (C=O) groups is 1. The Bertz CT molecular complexity index is 566. The van der Waals surface area contributed by atoms with Crippen LogP contribution < -0.4 is 5.32 Å². The molecule has 3 atom stereocenters. The summed E-state index contributed by atoms with van der Waals surface area (Å²) in [6.45, 7) is 5.84. The number of hydrogen-bond acceptors (Lipinski definition) is 5. The van der Waals surface area contributed by atoms with Crippen LogP contribution in [0.15, 0.2) is 4.52 Å². The highest BCUT2D eigenvalue weighted by atomic mass is 16.5. The van der Waals surface area contributed by atoms with E-state index >= 15 is 0 Å². The van der Waals surface area contributed by atoms with Crippen LogP contribution in [0.3, 0.4) is 0 Å². The topological polar surface area (TPSA) is 78.6 Å². The Morgan fingerprint density at radius 3 is 2.71 bits per heavy atom. The molecule has 134 valence electrons. The number of aliphatic hydroxyl groups excluding tert-OH is 1. The molecule has 2 fully saturated rings. The van der Waals surface area contributed by atoms with Crippen molar-refractivity contribution in [2.45, 2.75) is 77.0 Å². The van der Waals surface area contributed by atoms with Gasteiger partial charge in [-0.3, -0.25) is 9.69 Å². The molecule has 1 aliphatic carbocycles. The number of carbonyl (C=O) groups excluding carboxylic acids is 1. The third-order valence-corrected chi connectivity index (χ3v) is 5.49. The molecule has 1 aromatic heterocycles. The van der Waals surface area contributed by atoms with Crippen molar-refractivity contribution in [2.75, 3.05) is 13.1 Å². The first-order valence-electron chi connectivity index (χ1n) is 9.30. The van der Waals surface area contributed by atoms with E-state index < -0.39 is 6.10 Å². The van der Waals surface area contributed by atoms with E-state index in [1.807, 2.05) is 6.92 Å². The third-order valence-electron chi connectivity index (χ3n) is 5.49. The molecule has 3 rings (SSSR count). The summed E-state index contributed by atoms with van der Waals surface area (Å²) in [6.07, 6.45) is 6.54. The zero-order valence-electron chi connectivity index (χ0n) is 14.8. The molecule has 2 heterocycles. The quantitative estimate of drug-likeness (QED) is 0.823. The van der Waals surface area contributed by atoms with Crippen molar-refractivity contribution < 1.29 is 14.4 Å². The van der Waals surface area contributed by atoms with Gasteiger partial charge in [0.25, 0.3) is 5.91 Å². The van der Waals surface area contributed by atoms with Crippen molar-refractivity contribution in [1.29, 1.82) is 0 Å². The number of likely N-dealkylation sites (tertiary alicyclic amines) is 1. The van der Waals surface area contributed by atoms with Crippen LogP contribution in [-0.2, 0) is 6.42 Å². The Labute approximate surface area is 143 Å². The molecule has 6 heteroatoms. The molecule has 1 saturated heterocycles. The second-order valence-corrected chi connectivity index (χ2v) is 7.08. The van der Waals surface area contributed by atoms with Gasteiger partial charge in [0.2, 0.25) is 0 Å². The number of nitrogens with zero attached hydrogens (tertiary/aromatic N) is 2. The van der Waals surface area contributed by atoms with Crippen LogP contribution in [0.5, 0.6) is 0 Å². The van der Waals surface area contributed by atoms with Gasteiger partial charge in [-0.1, -0.05) is 24.9 Å². The minimum absolute atomic E-state index is 0.162. The SMILES string of the molecule is CCc1noc(C)c1C(=O)N[C@@H]1CCCC[C@@H](N2CCCC2)[C@@H]1O. The van der Waals surface area contributed by atoms with E-state index in [0.29, 0.717) is 23.4 Å². The summed E-state index contributed by atoms with van der Waals surface area (Å²) in [4.78, 5) is 15.1. The molecular formula is C18H29N3O3. The second-order valence-electron chi connectivity index (χ2n) is 7.08. The highest BCUT2D eigenvalue weighted by molar-refractivity contribution is 5.96. The Morgan fingerprint density at radius 2 is 2.00 bits per heavy atom. The van der Waals surface area contributed by atoms with Gasteiger partial charge in [-0.2, -0.15) is 0 Å². The van der Waals surface area contributed by atoms with E-state index in [-0.39, 0.29) is 18.0 Å². The molecule has 1 amide bonds. The van der Waals surface area contributed by atoms with Crippen LogP contribution in [-0.4, -0.2) is 52.3 Å². The van der Waals surface area contributed by atoms with Crippen LogP contribution in [0, 0.1) is 6.92 Å². The van der Waals surface area contributed by atoms with Crippen molar-refractivity contribution in [3.05, 3.63) is 17.0 Å². The summed E-state index contributed by atoms with van der Waals surface area (Å²) in [7, 11) is 0. The van der Waals surface area contributed by atoms with Crippen LogP contribution >= 0.6 is 0 Å². The maximum Gasteiger partial charge on any atom is 0.257 e. The highest BCUT2D eigenvalue weighted by Crippen LogP contribution is 2.26. The van der Waals surface area contributed by atoms with Gasteiger partial charge in [0.1, 0.15) is 11.3 Å². The number of hydrogen-bond donors (Lipinski definition) is 2. The fraction of sp³-hybridized carbons (Fsp3) is 0.778. The van der Waals surface area contributed by atoms with Crippen LogP contribution in [0.4, 0.5) is 0 Å². The largest absolute Gasteiger partial charge is 0.389 e. The van der Waals surface area contributed by atoms with Gasteiger partial charge in [0.15, 0.2) is 0 Å². The van der Waals surface area contributed by atoms with Crippen LogP contribution in [0.1, 0.15) is 67.3 Å². The average molecular weight is 335 g/mol. The molecule has 24 heavy (non-hydrogen) atoms. The van der Waals surface area contributed by atoms with E-state index in [1.54, 1.807) is 6.92 Å². The van der Waals surface area contributed by atoms with Crippen LogP contribution in [0.2, 0.25) is 0 Å². The Kier molecular flexibility index (Phi) is 5.56. The lowest BCUT2D eigenvalue weighted by atomic mass is 9.99. The fourth-order valence-electron chi connectivity index (χ4n) is 4.15. The summed E-state index contributed by atoms with van der Waals surface area (Å²) in [5.41, 5.74) is 1.22. The molecular weight excluding hydrogens is 306 g/mol. The van der Waals surface area contributed by atoms with Crippen molar-refractivity contribution in [2.24, 2.45) is 0 Å². The van der Waals surface area contributed by atoms with Gasteiger partial charge in [-0.25, -0.2) is 0 Å². The summed E-state index contributed by atoms with van der Waals surface area (Å²) in [6, 6.07) is -0.0425. The molecule has 1 saturated carbocycles. The molecule has 2 N–H and O–H groups in total. The third kappa shape index (κ3) is 3.49. The predicted molar refractivity (Wildman–Crippen MR) is 90.9 cm³/mol. The first kappa shape index (κ1) is 17.4. The van der Waals surface area contributed by atoms with Gasteiger partial charge in [0.05, 0.1) is 17.8 Å². The van der Waals surface area contributed by atoms with Crippen molar-refractivity contribution in [3.8, 4) is 0 Å². The number of rotatable bonds is 4. The maximum absolute atomic E-state index is 12.7. The van der Waals surface area contributed by atoms with Gasteiger partial charge in [-0.15, -0.1) is 0 Å². The lowest BCUT2D eigenvalue weighted by Crippen LogP contribution is -2.52. The standard InChI is InChI=1S/C18H29N3O3/c1-3-13-16(12(2)24-20-13)18(23)19-14-8-4-5-9-15(17(14)22)21-10-6-7-11-21/h14-15,17,22H,3-11H2,1-2H3,(H,19,23)/t14-,15-,17-/m1/s1. The molecule has 0 radical (unpaired) electrons. The van der Waals surface area contributed by atoms with Gasteiger partial charge in [-0.05, 0) is 52.1 Å². The Hall–Kier alpha value is -1.40. The number of amides is 1. The van der Waals surface area contributed by atoms with Gasteiger partial charge >= 0.3 is 0 Å². The van der Waals surface area contributed by atoms with Gasteiger partial charge in [0, 0.05) is 6.04 Å². The lowest BCUT2D eigenvalue weighted by Gasteiger charge is -2.34. The van der Waals surface area contributed by atoms with Gasteiger partial charge < -0.3 is 14.9 Å². The molecule has 0 unspecified atom stereocenters. The van der Waals surface area contributed by atoms with Crippen molar-refractivity contribution in [3.63, 3.8) is 0 Å². The molecule has 1 aromatic rings. The van der Waals surface area contributed by atoms with E-state index in [4.69, 9.17) is 4.52 Å². The Morgan fingerprint density at radius 1 is 1.29 bits per heavy atom. The fourth-order valence-corrected chi connectivity index (χ4v) is 4.15. The number of nitrogens with one attached hydrogen (secondary N) is 1. The summed E-state index contributed by atoms with van der Waals surface area (Å²) < 4.78 is 5.17. The monoisotopic (exact) mass is 335 g/mol. The molecule has 0 aromatic carbocycles. The van der Waals surface area contributed by atoms with Crippen LogP contribution in [0.25, 0.3) is 0 Å². The smallest absolute Gasteiger partial charge is 0.257 e. The molecule has 1 aliphatic heterocycles. The summed E-state index contributed by atoms with van der Waals surface area (Å²) in [5, 5.41) is 17.9. The first-order chi connectivity index (χ1) is 11.6. The normalized spacial score (nSPS) is 28.7. The van der Waals surface area contributed by atoms with Crippen molar-refractivity contribution >= 4 is 5.91 Å². The molecule has 6 nitrogen and oxygen atoms in total. The molecule has 0 spiro atoms. The average Bonchev–Trinajstić information content (AvgIpc) is 3.18. The zero-order chi connectivity index (χ0) is 17.1. The number of aromatic nitrogens is 1. The first-order valence-corrected chi connectivity index (χ1v) is 9.30.